The van der Waals surface area contributed by atoms with Gasteiger partial charge in [0.05, 0.1) is 17.9 Å². The molecule has 3 fully saturated rings. The van der Waals surface area contributed by atoms with Crippen molar-refractivity contribution in [3.8, 4) is 0 Å². The standard InChI is InChI=1S/C27H42BrN3O5/c1-5-9-10-15-30(14-8-4)26(35)23-27-18-19(28)22(36-27)20(24(33)29(12-6-2)13-7-3)21(27)25(34)31(23)16-11-17-32/h6,8,19-23,32H,2,4-5,7,9-18H2,1,3H3/t19?,20-,21-,22-,23?,27?/m0/s1. The smallest absolute Gasteiger partial charge is 0.248 e. The number of hydrogen-bond acceptors (Lipinski definition) is 5. The summed E-state index contributed by atoms with van der Waals surface area (Å²) in [6.07, 6.45) is 7.46. The topological polar surface area (TPSA) is 90.4 Å². The molecule has 0 saturated carbocycles. The summed E-state index contributed by atoms with van der Waals surface area (Å²) < 4.78 is 6.59. The van der Waals surface area contributed by atoms with Crippen molar-refractivity contribution in [1.82, 2.24) is 14.7 Å². The Hall–Kier alpha value is -1.71. The number of alkyl halides is 1. The summed E-state index contributed by atoms with van der Waals surface area (Å²) in [6, 6.07) is -0.829. The molecule has 3 aliphatic heterocycles. The van der Waals surface area contributed by atoms with E-state index in [1.165, 1.54) is 0 Å². The first-order valence-electron chi connectivity index (χ1n) is 13.3. The normalized spacial score (nSPS) is 30.4. The number of rotatable bonds is 15. The molecule has 36 heavy (non-hydrogen) atoms. The zero-order valence-electron chi connectivity index (χ0n) is 21.7. The Bertz CT molecular complexity index is 838. The summed E-state index contributed by atoms with van der Waals surface area (Å²) in [5, 5.41) is 9.52. The summed E-state index contributed by atoms with van der Waals surface area (Å²) in [6.45, 7) is 13.8. The van der Waals surface area contributed by atoms with Crippen molar-refractivity contribution in [2.75, 3.05) is 39.3 Å². The summed E-state index contributed by atoms with van der Waals surface area (Å²) >= 11 is 3.72. The molecule has 0 aromatic heterocycles. The number of carbonyl (C=O) groups is 3. The van der Waals surface area contributed by atoms with Gasteiger partial charge in [-0.05, 0) is 25.7 Å². The lowest BCUT2D eigenvalue weighted by molar-refractivity contribution is -0.148. The first-order valence-corrected chi connectivity index (χ1v) is 14.3. The van der Waals surface area contributed by atoms with Gasteiger partial charge in [-0.3, -0.25) is 14.4 Å². The Morgan fingerprint density at radius 3 is 2.36 bits per heavy atom. The zero-order valence-corrected chi connectivity index (χ0v) is 23.3. The highest BCUT2D eigenvalue weighted by molar-refractivity contribution is 9.09. The minimum absolute atomic E-state index is 0.0915. The van der Waals surface area contributed by atoms with Gasteiger partial charge in [0.25, 0.3) is 0 Å². The minimum Gasteiger partial charge on any atom is -0.396 e. The lowest BCUT2D eigenvalue weighted by Crippen LogP contribution is -2.57. The van der Waals surface area contributed by atoms with Crippen LogP contribution in [0.1, 0.15) is 52.4 Å². The molecule has 3 saturated heterocycles. The van der Waals surface area contributed by atoms with Crippen molar-refractivity contribution >= 4 is 33.7 Å². The Morgan fingerprint density at radius 1 is 1.11 bits per heavy atom. The van der Waals surface area contributed by atoms with Crippen LogP contribution in [0.15, 0.2) is 25.3 Å². The van der Waals surface area contributed by atoms with Crippen LogP contribution in [0, 0.1) is 11.8 Å². The highest BCUT2D eigenvalue weighted by atomic mass is 79.9. The van der Waals surface area contributed by atoms with Gasteiger partial charge >= 0.3 is 0 Å². The van der Waals surface area contributed by atoms with E-state index in [-0.39, 0.29) is 35.7 Å². The number of unbranched alkanes of at least 4 members (excludes halogenated alkanes) is 2. The van der Waals surface area contributed by atoms with Gasteiger partial charge < -0.3 is 24.5 Å². The van der Waals surface area contributed by atoms with Crippen molar-refractivity contribution in [3.63, 3.8) is 0 Å². The van der Waals surface area contributed by atoms with E-state index in [4.69, 9.17) is 4.74 Å². The van der Waals surface area contributed by atoms with Crippen LogP contribution in [0.2, 0.25) is 0 Å². The molecule has 0 radical (unpaired) electrons. The zero-order chi connectivity index (χ0) is 26.5. The number of carbonyl (C=O) groups excluding carboxylic acids is 3. The maximum atomic E-state index is 14.1. The Morgan fingerprint density at radius 2 is 1.78 bits per heavy atom. The van der Waals surface area contributed by atoms with E-state index in [1.807, 2.05) is 6.92 Å². The van der Waals surface area contributed by atoms with E-state index in [0.29, 0.717) is 39.0 Å². The fourth-order valence-corrected chi connectivity index (χ4v) is 7.22. The molecule has 9 heteroatoms. The molecule has 3 unspecified atom stereocenters. The number of hydrogen-bond donors (Lipinski definition) is 1. The van der Waals surface area contributed by atoms with Crippen molar-refractivity contribution in [1.29, 1.82) is 0 Å². The molecule has 0 aromatic carbocycles. The molecule has 2 bridgehead atoms. The van der Waals surface area contributed by atoms with Crippen molar-refractivity contribution in [3.05, 3.63) is 25.3 Å². The van der Waals surface area contributed by atoms with Crippen molar-refractivity contribution < 1.29 is 24.2 Å². The number of aliphatic hydroxyl groups is 1. The molecular formula is C27H42BrN3O5. The van der Waals surface area contributed by atoms with Gasteiger partial charge in [0.15, 0.2) is 0 Å². The molecule has 3 amide bonds. The number of likely N-dealkylation sites (tertiary alicyclic amines) is 1. The van der Waals surface area contributed by atoms with Crippen LogP contribution in [0.3, 0.4) is 0 Å². The number of halogens is 1. The SMILES string of the molecule is C=CCN(CCCCC)C(=O)C1N(CCCO)C(=O)[C@@H]2[C@H](C(=O)N(CC=C)CCC)[C@H]3OC12CC3Br. The van der Waals surface area contributed by atoms with E-state index >= 15 is 0 Å². The quantitative estimate of drug-likeness (QED) is 0.187. The number of aliphatic hydroxyl groups excluding tert-OH is 1. The van der Waals surface area contributed by atoms with Gasteiger partial charge in [0.1, 0.15) is 11.6 Å². The van der Waals surface area contributed by atoms with E-state index in [2.05, 4.69) is 36.0 Å². The maximum absolute atomic E-state index is 14.1. The number of ether oxygens (including phenoxy) is 1. The maximum Gasteiger partial charge on any atom is 0.248 e. The average Bonchev–Trinajstić information content (AvgIpc) is 3.44. The fraction of sp³-hybridized carbons (Fsp3) is 0.741. The molecule has 0 aromatic rings. The minimum atomic E-state index is -1.07. The lowest BCUT2D eigenvalue weighted by Gasteiger charge is -2.37. The summed E-state index contributed by atoms with van der Waals surface area (Å²) in [7, 11) is 0. The second-order valence-electron chi connectivity index (χ2n) is 10.1. The predicted molar refractivity (Wildman–Crippen MR) is 142 cm³/mol. The van der Waals surface area contributed by atoms with Crippen LogP contribution in [-0.2, 0) is 19.1 Å². The fourth-order valence-electron chi connectivity index (χ4n) is 6.27. The largest absolute Gasteiger partial charge is 0.396 e. The first-order chi connectivity index (χ1) is 17.3. The molecule has 3 rings (SSSR count). The molecule has 3 heterocycles. The third-order valence-electron chi connectivity index (χ3n) is 7.71. The molecule has 202 valence electrons. The summed E-state index contributed by atoms with van der Waals surface area (Å²) in [4.78, 5) is 46.8. The van der Waals surface area contributed by atoms with Crippen LogP contribution in [-0.4, -0.2) is 99.4 Å². The molecule has 6 atom stereocenters. The second kappa shape index (κ2) is 12.7. The third-order valence-corrected chi connectivity index (χ3v) is 8.56. The van der Waals surface area contributed by atoms with Gasteiger partial charge in [-0.1, -0.05) is 54.8 Å². The first kappa shape index (κ1) is 28.9. The van der Waals surface area contributed by atoms with E-state index in [0.717, 1.165) is 25.7 Å². The summed E-state index contributed by atoms with van der Waals surface area (Å²) in [5.41, 5.74) is -1.07. The lowest BCUT2D eigenvalue weighted by atomic mass is 9.70. The molecular weight excluding hydrogens is 526 g/mol. The monoisotopic (exact) mass is 567 g/mol. The van der Waals surface area contributed by atoms with Gasteiger partial charge in [-0.25, -0.2) is 0 Å². The van der Waals surface area contributed by atoms with Gasteiger partial charge in [-0.2, -0.15) is 0 Å². The number of fused-ring (bicyclic) bond motifs is 1. The second-order valence-corrected chi connectivity index (χ2v) is 11.3. The Balaban J connectivity index is 2.01. The van der Waals surface area contributed by atoms with Crippen molar-refractivity contribution in [2.24, 2.45) is 11.8 Å². The highest BCUT2D eigenvalue weighted by Crippen LogP contribution is 2.60. The van der Waals surface area contributed by atoms with Crippen LogP contribution >= 0.6 is 15.9 Å². The van der Waals surface area contributed by atoms with Crippen LogP contribution in [0.5, 0.6) is 0 Å². The van der Waals surface area contributed by atoms with E-state index in [9.17, 15) is 19.5 Å². The van der Waals surface area contributed by atoms with Crippen LogP contribution < -0.4 is 0 Å². The average molecular weight is 569 g/mol. The molecule has 0 aliphatic carbocycles. The Kier molecular flexibility index (Phi) is 10.2. The number of nitrogens with zero attached hydrogens (tertiary/aromatic N) is 3. The van der Waals surface area contributed by atoms with Crippen LogP contribution in [0.25, 0.3) is 0 Å². The molecule has 3 aliphatic rings. The van der Waals surface area contributed by atoms with E-state index < -0.39 is 29.6 Å². The van der Waals surface area contributed by atoms with Gasteiger partial charge in [0.2, 0.25) is 17.7 Å². The van der Waals surface area contributed by atoms with Gasteiger partial charge in [0, 0.05) is 44.2 Å². The number of amides is 3. The molecule has 8 nitrogen and oxygen atoms in total. The van der Waals surface area contributed by atoms with E-state index in [1.54, 1.807) is 26.9 Å². The van der Waals surface area contributed by atoms with Gasteiger partial charge in [-0.15, -0.1) is 13.2 Å². The van der Waals surface area contributed by atoms with Crippen LogP contribution in [0.4, 0.5) is 0 Å². The molecule has 1 N–H and O–H groups in total. The summed E-state index contributed by atoms with van der Waals surface area (Å²) in [5.74, 6) is -1.88. The third kappa shape index (κ3) is 5.16. The van der Waals surface area contributed by atoms with Crippen molar-refractivity contribution in [2.45, 2.75) is 74.9 Å². The predicted octanol–water partition coefficient (Wildman–Crippen LogP) is 2.75. The molecule has 1 spiro atoms. The Labute approximate surface area is 223 Å². The highest BCUT2D eigenvalue weighted by Gasteiger charge is 2.76.